The Bertz CT molecular complexity index is 1850. The fourth-order valence-electron chi connectivity index (χ4n) is 7.59. The Balaban J connectivity index is 1.42. The molecule has 0 aromatic heterocycles. The molecule has 1 amide bonds. The van der Waals surface area contributed by atoms with Crippen LogP contribution in [0.25, 0.3) is 0 Å². The number of Topliss-reactive ketones (excluding diaryl/α,β-unsaturated/α-hetero) is 2. The number of benzene rings is 3. The summed E-state index contributed by atoms with van der Waals surface area (Å²) in [6.07, 6.45) is 2.16. The van der Waals surface area contributed by atoms with Crippen LogP contribution in [0.1, 0.15) is 81.5 Å². The molecule has 1 N–H and O–H groups in total. The molecule has 0 spiro atoms. The van der Waals surface area contributed by atoms with Crippen molar-refractivity contribution in [3.05, 3.63) is 110 Å². The molecule has 6 rings (SSSR count). The number of hydrogen-bond acceptors (Lipinski definition) is 6. The number of allylic oxidation sites excluding steroid dienone is 4. The minimum absolute atomic E-state index is 0.0389. The highest BCUT2D eigenvalue weighted by Crippen LogP contribution is 2.55. The van der Waals surface area contributed by atoms with Crippen LogP contribution in [0.3, 0.4) is 0 Å². The molecule has 0 unspecified atom stereocenters. The van der Waals surface area contributed by atoms with E-state index in [4.69, 9.17) is 21.1 Å². The third kappa shape index (κ3) is 6.91. The van der Waals surface area contributed by atoms with Gasteiger partial charge in [0, 0.05) is 53.5 Å². The Kier molecular flexibility index (Phi) is 9.27. The molecule has 3 aromatic carbocycles. The average Bonchev–Trinajstić information content (AvgIpc) is 3.02. The number of hydrogen-bond donors (Lipinski definition) is 1. The highest BCUT2D eigenvalue weighted by atomic mass is 35.5. The first-order chi connectivity index (χ1) is 23.2. The summed E-state index contributed by atoms with van der Waals surface area (Å²) in [6, 6.07) is 19.5. The molecule has 2 aliphatic carbocycles. The van der Waals surface area contributed by atoms with Crippen molar-refractivity contribution in [2.45, 2.75) is 79.7 Å². The highest BCUT2D eigenvalue weighted by Gasteiger charge is 2.49. The van der Waals surface area contributed by atoms with Gasteiger partial charge in [0.2, 0.25) is 0 Å². The zero-order chi connectivity index (χ0) is 35.2. The SMILES string of the molecule is COc1cc(C2C3=C(CC(C)(C)CC3=O)N(Cc3ccccc3)C3=C2C(=O)CC(C)(C)C3)cc(Cl)c1OCC(=O)Nc1cccc(C)c1C. The van der Waals surface area contributed by atoms with E-state index in [1.165, 1.54) is 7.11 Å². The highest BCUT2D eigenvalue weighted by molar-refractivity contribution is 6.32. The van der Waals surface area contributed by atoms with Crippen LogP contribution in [0.4, 0.5) is 5.69 Å². The summed E-state index contributed by atoms with van der Waals surface area (Å²) < 4.78 is 11.7. The van der Waals surface area contributed by atoms with Crippen LogP contribution in [-0.4, -0.2) is 36.1 Å². The number of halogens is 1. The van der Waals surface area contributed by atoms with Crippen LogP contribution in [0, 0.1) is 24.7 Å². The van der Waals surface area contributed by atoms with E-state index >= 15 is 0 Å². The monoisotopic (exact) mass is 680 g/mol. The topological polar surface area (TPSA) is 84.9 Å². The second-order valence-electron chi connectivity index (χ2n) is 15.2. The third-order valence-electron chi connectivity index (χ3n) is 10.0. The van der Waals surface area contributed by atoms with Gasteiger partial charge in [-0.1, -0.05) is 81.8 Å². The maximum absolute atomic E-state index is 14.3. The summed E-state index contributed by atoms with van der Waals surface area (Å²) in [6.45, 7) is 12.8. The summed E-state index contributed by atoms with van der Waals surface area (Å²) in [4.78, 5) is 43.7. The molecule has 0 bridgehead atoms. The number of carbonyl (C=O) groups is 3. The molecular formula is C41H45ClN2O5. The van der Waals surface area contributed by atoms with E-state index in [1.807, 2.05) is 50.2 Å². The second kappa shape index (κ2) is 13.2. The lowest BCUT2D eigenvalue weighted by molar-refractivity contribution is -0.120. The fraction of sp³-hybridized carbons (Fsp3) is 0.390. The van der Waals surface area contributed by atoms with E-state index in [0.29, 0.717) is 54.7 Å². The van der Waals surface area contributed by atoms with Gasteiger partial charge in [-0.25, -0.2) is 0 Å². The molecule has 0 fully saturated rings. The van der Waals surface area contributed by atoms with Gasteiger partial charge in [-0.05, 0) is 78.0 Å². The van der Waals surface area contributed by atoms with Crippen LogP contribution in [-0.2, 0) is 20.9 Å². The van der Waals surface area contributed by atoms with Gasteiger partial charge in [-0.3, -0.25) is 14.4 Å². The lowest BCUT2D eigenvalue weighted by Crippen LogP contribution is -2.44. The number of nitrogens with one attached hydrogen (secondary N) is 1. The fourth-order valence-corrected chi connectivity index (χ4v) is 7.87. The standard InChI is InChI=1S/C41H45ClN2O5/c1-24-12-11-15-29(25(24)2)43-35(47)23-49-39-28(42)16-27(17-34(39)48-7)36-37-30(18-40(3,4)20-32(37)45)44(22-26-13-9-8-10-14-26)31-19-41(5,6)21-33(46)38(31)36/h8-17,36H,18-23H2,1-7H3,(H,43,47). The van der Waals surface area contributed by atoms with Gasteiger partial charge >= 0.3 is 0 Å². The lowest BCUT2D eigenvalue weighted by atomic mass is 9.63. The van der Waals surface area contributed by atoms with Gasteiger partial charge in [-0.15, -0.1) is 0 Å². The molecule has 3 aliphatic rings. The van der Waals surface area contributed by atoms with E-state index in [1.54, 1.807) is 12.1 Å². The Labute approximate surface area is 294 Å². The molecule has 1 aliphatic heterocycles. The zero-order valence-corrected chi connectivity index (χ0v) is 30.2. The number of aryl methyl sites for hydroxylation is 1. The minimum Gasteiger partial charge on any atom is -0.493 e. The Morgan fingerprint density at radius 2 is 1.49 bits per heavy atom. The van der Waals surface area contributed by atoms with Gasteiger partial charge in [0.1, 0.15) is 0 Å². The number of rotatable bonds is 8. The van der Waals surface area contributed by atoms with Crippen molar-refractivity contribution in [1.29, 1.82) is 0 Å². The first-order valence-electron chi connectivity index (χ1n) is 16.9. The number of amides is 1. The molecule has 7 nitrogen and oxygen atoms in total. The molecule has 1 heterocycles. The second-order valence-corrected chi connectivity index (χ2v) is 15.6. The molecule has 0 radical (unpaired) electrons. The van der Waals surface area contributed by atoms with Crippen LogP contribution < -0.4 is 14.8 Å². The van der Waals surface area contributed by atoms with Crippen molar-refractivity contribution in [2.24, 2.45) is 10.8 Å². The summed E-state index contributed by atoms with van der Waals surface area (Å²) in [5, 5.41) is 3.14. The van der Waals surface area contributed by atoms with E-state index in [9.17, 15) is 14.4 Å². The van der Waals surface area contributed by atoms with Crippen molar-refractivity contribution in [1.82, 2.24) is 4.90 Å². The van der Waals surface area contributed by atoms with Crippen molar-refractivity contribution in [2.75, 3.05) is 19.0 Å². The first-order valence-corrected chi connectivity index (χ1v) is 17.3. The summed E-state index contributed by atoms with van der Waals surface area (Å²) >= 11 is 6.92. The average molecular weight is 681 g/mol. The zero-order valence-electron chi connectivity index (χ0n) is 29.5. The predicted molar refractivity (Wildman–Crippen MR) is 193 cm³/mol. The third-order valence-corrected chi connectivity index (χ3v) is 10.3. The Hall–Kier alpha value is -4.36. The molecule has 49 heavy (non-hydrogen) atoms. The number of ketones is 2. The molecule has 256 valence electrons. The quantitative estimate of drug-likeness (QED) is 0.256. The summed E-state index contributed by atoms with van der Waals surface area (Å²) in [5.74, 6) is -0.310. The van der Waals surface area contributed by atoms with Crippen LogP contribution in [0.2, 0.25) is 5.02 Å². The van der Waals surface area contributed by atoms with Crippen LogP contribution in [0.15, 0.2) is 83.2 Å². The minimum atomic E-state index is -0.600. The molecule has 0 atom stereocenters. The van der Waals surface area contributed by atoms with Gasteiger partial charge < -0.3 is 19.7 Å². The van der Waals surface area contributed by atoms with E-state index < -0.39 is 5.92 Å². The van der Waals surface area contributed by atoms with Crippen molar-refractivity contribution in [3.63, 3.8) is 0 Å². The molecule has 0 saturated heterocycles. The van der Waals surface area contributed by atoms with Gasteiger partial charge in [0.15, 0.2) is 29.7 Å². The molecule has 0 saturated carbocycles. The lowest BCUT2D eigenvalue weighted by Gasteiger charge is -2.49. The van der Waals surface area contributed by atoms with Crippen molar-refractivity contribution < 1.29 is 23.9 Å². The largest absolute Gasteiger partial charge is 0.493 e. The van der Waals surface area contributed by atoms with Gasteiger partial charge in [0.05, 0.1) is 12.1 Å². The number of carbonyl (C=O) groups excluding carboxylic acids is 3. The molecular weight excluding hydrogens is 636 g/mol. The van der Waals surface area contributed by atoms with Gasteiger partial charge in [-0.2, -0.15) is 0 Å². The Morgan fingerprint density at radius 1 is 0.878 bits per heavy atom. The maximum atomic E-state index is 14.3. The van der Waals surface area contributed by atoms with Crippen LogP contribution >= 0.6 is 11.6 Å². The van der Waals surface area contributed by atoms with E-state index in [0.717, 1.165) is 33.8 Å². The number of methoxy groups -OCH3 is 1. The normalized spacial score (nSPS) is 18.7. The van der Waals surface area contributed by atoms with E-state index in [-0.39, 0.29) is 45.7 Å². The molecule has 3 aromatic rings. The Morgan fingerprint density at radius 3 is 2.08 bits per heavy atom. The van der Waals surface area contributed by atoms with Crippen molar-refractivity contribution in [3.8, 4) is 11.5 Å². The summed E-state index contributed by atoms with van der Waals surface area (Å²) in [7, 11) is 1.51. The summed E-state index contributed by atoms with van der Waals surface area (Å²) in [5.41, 5.74) is 7.33. The van der Waals surface area contributed by atoms with Crippen molar-refractivity contribution >= 4 is 34.8 Å². The smallest absolute Gasteiger partial charge is 0.262 e. The predicted octanol–water partition coefficient (Wildman–Crippen LogP) is 8.87. The number of ether oxygens (including phenoxy) is 2. The maximum Gasteiger partial charge on any atom is 0.262 e. The number of anilines is 1. The number of nitrogens with zero attached hydrogens (tertiary/aromatic N) is 1. The van der Waals surface area contributed by atoms with Gasteiger partial charge in [0.25, 0.3) is 5.91 Å². The van der Waals surface area contributed by atoms with E-state index in [2.05, 4.69) is 50.0 Å². The molecule has 8 heteroatoms. The van der Waals surface area contributed by atoms with Crippen LogP contribution in [0.5, 0.6) is 11.5 Å². The first kappa shape index (κ1) is 34.5.